The van der Waals surface area contributed by atoms with Crippen molar-refractivity contribution in [3.05, 3.63) is 54.3 Å². The predicted octanol–water partition coefficient (Wildman–Crippen LogP) is 2.63. The van der Waals surface area contributed by atoms with Crippen molar-refractivity contribution in [2.24, 2.45) is 0 Å². The van der Waals surface area contributed by atoms with Crippen molar-refractivity contribution in [1.29, 1.82) is 0 Å². The smallest absolute Gasteiger partial charge is 0.321 e. The summed E-state index contributed by atoms with van der Waals surface area (Å²) in [7, 11) is 0. The van der Waals surface area contributed by atoms with Crippen LogP contribution in [0, 0.1) is 6.92 Å². The number of hydrogen-bond acceptors (Lipinski definition) is 6. The first kappa shape index (κ1) is 17.8. The second-order valence-electron chi connectivity index (χ2n) is 6.40. The average Bonchev–Trinajstić information content (AvgIpc) is 3.40. The summed E-state index contributed by atoms with van der Waals surface area (Å²) in [6, 6.07) is 10.3. The summed E-state index contributed by atoms with van der Waals surface area (Å²) in [6.45, 7) is 3.57. The number of nitrogens with zero attached hydrogens (tertiary/aromatic N) is 4. The number of aryl methyl sites for hydroxylation is 1. The molecule has 0 unspecified atom stereocenters. The molecular weight excluding hydrogens is 362 g/mol. The summed E-state index contributed by atoms with van der Waals surface area (Å²) in [4.78, 5) is 32.3. The number of anilines is 1. The van der Waals surface area contributed by atoms with Gasteiger partial charge in [-0.1, -0.05) is 5.16 Å². The van der Waals surface area contributed by atoms with Gasteiger partial charge in [0.25, 0.3) is 5.91 Å². The van der Waals surface area contributed by atoms with Crippen LogP contribution in [-0.4, -0.2) is 58.1 Å². The van der Waals surface area contributed by atoms with Gasteiger partial charge < -0.3 is 24.1 Å². The number of nitrogens with one attached hydrogen (secondary N) is 1. The van der Waals surface area contributed by atoms with Gasteiger partial charge in [-0.25, -0.2) is 4.79 Å². The van der Waals surface area contributed by atoms with Gasteiger partial charge in [0.1, 0.15) is 0 Å². The fourth-order valence-electron chi connectivity index (χ4n) is 2.99. The SMILES string of the molecule is Cc1nc(-c2ccc(NC(=O)N3CCN(C(=O)c4ccco4)CC3)cc2)no1. The summed E-state index contributed by atoms with van der Waals surface area (Å²) in [5.41, 5.74) is 1.47. The van der Waals surface area contributed by atoms with Crippen LogP contribution in [0.4, 0.5) is 10.5 Å². The van der Waals surface area contributed by atoms with Crippen molar-refractivity contribution in [2.75, 3.05) is 31.5 Å². The maximum absolute atomic E-state index is 12.5. The summed E-state index contributed by atoms with van der Waals surface area (Å²) in [5.74, 6) is 1.16. The number of carbonyl (C=O) groups excluding carboxylic acids is 2. The van der Waals surface area contributed by atoms with Crippen LogP contribution in [0.5, 0.6) is 0 Å². The predicted molar refractivity (Wildman–Crippen MR) is 99.7 cm³/mol. The van der Waals surface area contributed by atoms with Gasteiger partial charge in [-0.05, 0) is 36.4 Å². The third-order valence-electron chi connectivity index (χ3n) is 4.51. The van der Waals surface area contributed by atoms with Crippen molar-refractivity contribution in [3.63, 3.8) is 0 Å². The zero-order valence-corrected chi connectivity index (χ0v) is 15.3. The van der Waals surface area contributed by atoms with Crippen LogP contribution < -0.4 is 5.32 Å². The number of carbonyl (C=O) groups is 2. The number of furan rings is 1. The number of benzene rings is 1. The maximum atomic E-state index is 12.5. The van der Waals surface area contributed by atoms with E-state index in [1.54, 1.807) is 41.0 Å². The molecule has 1 aromatic carbocycles. The number of urea groups is 1. The fourth-order valence-corrected chi connectivity index (χ4v) is 2.99. The van der Waals surface area contributed by atoms with Crippen LogP contribution in [0.25, 0.3) is 11.4 Å². The first-order valence-corrected chi connectivity index (χ1v) is 8.89. The molecule has 0 bridgehead atoms. The molecule has 1 N–H and O–H groups in total. The Morgan fingerprint density at radius 1 is 1.04 bits per heavy atom. The zero-order chi connectivity index (χ0) is 19.5. The Labute approximate surface area is 160 Å². The topological polar surface area (TPSA) is 105 Å². The molecule has 28 heavy (non-hydrogen) atoms. The third kappa shape index (κ3) is 3.73. The molecule has 1 saturated heterocycles. The van der Waals surface area contributed by atoms with Crippen molar-refractivity contribution in [1.82, 2.24) is 19.9 Å². The number of aromatic nitrogens is 2. The molecule has 144 valence electrons. The fraction of sp³-hybridized carbons (Fsp3) is 0.263. The van der Waals surface area contributed by atoms with Gasteiger partial charge >= 0.3 is 6.03 Å². The molecule has 1 aliphatic rings. The molecule has 3 aromatic rings. The number of rotatable bonds is 3. The highest BCUT2D eigenvalue weighted by atomic mass is 16.5. The minimum absolute atomic E-state index is 0.155. The molecule has 4 rings (SSSR count). The Hall–Kier alpha value is -3.62. The van der Waals surface area contributed by atoms with Crippen molar-refractivity contribution >= 4 is 17.6 Å². The summed E-state index contributed by atoms with van der Waals surface area (Å²) >= 11 is 0. The molecule has 0 spiro atoms. The first-order valence-electron chi connectivity index (χ1n) is 8.89. The van der Waals surface area contributed by atoms with E-state index in [-0.39, 0.29) is 11.9 Å². The molecule has 2 aromatic heterocycles. The Morgan fingerprint density at radius 3 is 2.36 bits per heavy atom. The van der Waals surface area contributed by atoms with Crippen LogP contribution in [0.1, 0.15) is 16.4 Å². The summed E-state index contributed by atoms with van der Waals surface area (Å²) in [6.07, 6.45) is 1.47. The standard InChI is InChI=1S/C19H19N5O4/c1-13-20-17(22-28-13)14-4-6-15(7-5-14)21-19(26)24-10-8-23(9-11-24)18(25)16-3-2-12-27-16/h2-7,12H,8-11H2,1H3,(H,21,26). The van der Waals surface area contributed by atoms with Gasteiger partial charge in [-0.2, -0.15) is 4.98 Å². The Bertz CT molecular complexity index is 957. The Kier molecular flexibility index (Phi) is 4.79. The van der Waals surface area contributed by atoms with Crippen molar-refractivity contribution in [3.8, 4) is 11.4 Å². The van der Waals surface area contributed by atoms with E-state index in [2.05, 4.69) is 15.5 Å². The Balaban J connectivity index is 1.31. The van der Waals surface area contributed by atoms with Crippen molar-refractivity contribution < 1.29 is 18.5 Å². The summed E-state index contributed by atoms with van der Waals surface area (Å²) in [5, 5.41) is 6.74. The molecule has 3 heterocycles. The molecule has 1 aliphatic heterocycles. The molecular formula is C19H19N5O4. The van der Waals surface area contributed by atoms with Crippen LogP contribution >= 0.6 is 0 Å². The second-order valence-corrected chi connectivity index (χ2v) is 6.40. The van der Waals surface area contributed by atoms with Gasteiger partial charge in [0.15, 0.2) is 5.76 Å². The monoisotopic (exact) mass is 381 g/mol. The van der Waals surface area contributed by atoms with Crippen LogP contribution in [0.3, 0.4) is 0 Å². The number of amides is 3. The van der Waals surface area contributed by atoms with Crippen LogP contribution in [-0.2, 0) is 0 Å². The molecule has 0 aliphatic carbocycles. The van der Waals surface area contributed by atoms with E-state index in [9.17, 15) is 9.59 Å². The largest absolute Gasteiger partial charge is 0.459 e. The minimum atomic E-state index is -0.201. The lowest BCUT2D eigenvalue weighted by atomic mass is 10.2. The lowest BCUT2D eigenvalue weighted by molar-refractivity contribution is 0.0640. The van der Waals surface area contributed by atoms with E-state index in [1.165, 1.54) is 6.26 Å². The van der Waals surface area contributed by atoms with Crippen LogP contribution in [0.15, 0.2) is 51.6 Å². The minimum Gasteiger partial charge on any atom is -0.459 e. The average molecular weight is 381 g/mol. The van der Waals surface area contributed by atoms with Crippen molar-refractivity contribution in [2.45, 2.75) is 6.92 Å². The lowest BCUT2D eigenvalue weighted by Gasteiger charge is -2.34. The number of piperazine rings is 1. The van der Waals surface area contributed by atoms with Gasteiger partial charge in [0, 0.05) is 44.4 Å². The molecule has 9 nitrogen and oxygen atoms in total. The van der Waals surface area contributed by atoms with E-state index in [1.807, 2.05) is 12.1 Å². The van der Waals surface area contributed by atoms with E-state index in [4.69, 9.17) is 8.94 Å². The highest BCUT2D eigenvalue weighted by Gasteiger charge is 2.26. The highest BCUT2D eigenvalue weighted by molar-refractivity contribution is 5.92. The Morgan fingerprint density at radius 2 is 1.75 bits per heavy atom. The second kappa shape index (κ2) is 7.55. The van der Waals surface area contributed by atoms with Gasteiger partial charge in [-0.3, -0.25) is 4.79 Å². The first-order chi connectivity index (χ1) is 13.6. The molecule has 3 amide bonds. The van der Waals surface area contributed by atoms with Gasteiger partial charge in [-0.15, -0.1) is 0 Å². The quantitative estimate of drug-likeness (QED) is 0.748. The molecule has 1 fully saturated rings. The van der Waals surface area contributed by atoms with E-state index in [0.717, 1.165) is 5.56 Å². The zero-order valence-electron chi connectivity index (χ0n) is 15.3. The molecule has 0 saturated carbocycles. The lowest BCUT2D eigenvalue weighted by Crippen LogP contribution is -2.51. The number of hydrogen-bond donors (Lipinski definition) is 1. The molecule has 0 atom stereocenters. The van der Waals surface area contributed by atoms with E-state index < -0.39 is 0 Å². The summed E-state index contributed by atoms with van der Waals surface area (Å²) < 4.78 is 10.1. The van der Waals surface area contributed by atoms with E-state index >= 15 is 0 Å². The van der Waals surface area contributed by atoms with Gasteiger partial charge in [0.05, 0.1) is 6.26 Å². The molecule has 0 radical (unpaired) electrons. The van der Waals surface area contributed by atoms with Crippen LogP contribution in [0.2, 0.25) is 0 Å². The third-order valence-corrected chi connectivity index (χ3v) is 4.51. The highest BCUT2D eigenvalue weighted by Crippen LogP contribution is 2.19. The van der Waals surface area contributed by atoms with Gasteiger partial charge in [0.2, 0.25) is 11.7 Å². The maximum Gasteiger partial charge on any atom is 0.321 e. The molecule has 9 heteroatoms. The van der Waals surface area contributed by atoms with E-state index in [0.29, 0.717) is 49.3 Å². The normalized spacial score (nSPS) is 14.2.